The molecule has 134 valence electrons. The summed E-state index contributed by atoms with van der Waals surface area (Å²) in [5, 5.41) is 26.3. The highest BCUT2D eigenvalue weighted by Crippen LogP contribution is 2.27. The molecule has 2 rings (SSSR count). The van der Waals surface area contributed by atoms with Gasteiger partial charge in [0.05, 0.1) is 35.8 Å². The summed E-state index contributed by atoms with van der Waals surface area (Å²) in [5.74, 6) is 6.31. The second kappa shape index (κ2) is 9.66. The van der Waals surface area contributed by atoms with Crippen molar-refractivity contribution in [3.05, 3.63) is 29.3 Å². The Labute approximate surface area is 160 Å². The quantitative estimate of drug-likeness (QED) is 0.541. The Kier molecular flexibility index (Phi) is 7.27. The van der Waals surface area contributed by atoms with Crippen molar-refractivity contribution in [3.8, 4) is 23.5 Å². The molecule has 26 heavy (non-hydrogen) atoms. The minimum absolute atomic E-state index is 0.0781. The van der Waals surface area contributed by atoms with Crippen molar-refractivity contribution in [2.75, 3.05) is 24.7 Å². The van der Waals surface area contributed by atoms with Crippen molar-refractivity contribution in [2.24, 2.45) is 0 Å². The lowest BCUT2D eigenvalue weighted by Gasteiger charge is -2.19. The molecule has 1 aromatic heterocycles. The summed E-state index contributed by atoms with van der Waals surface area (Å²) in [6, 6.07) is 11.1. The van der Waals surface area contributed by atoms with Gasteiger partial charge < -0.3 is 10.7 Å². The van der Waals surface area contributed by atoms with Crippen LogP contribution in [-0.4, -0.2) is 44.5 Å². The zero-order valence-corrected chi connectivity index (χ0v) is 15.4. The van der Waals surface area contributed by atoms with Crippen LogP contribution in [0, 0.1) is 22.7 Å². The van der Waals surface area contributed by atoms with Gasteiger partial charge in [0.1, 0.15) is 0 Å². The molecule has 0 aliphatic heterocycles. The molecule has 1 aromatic carbocycles. The lowest BCUT2D eigenvalue weighted by atomic mass is 10.2. The number of carbonyl (C=O) groups excluding carboxylic acids is 1. The monoisotopic (exact) mass is 389 g/mol. The normalized spacial score (nSPS) is 10.1. The highest BCUT2D eigenvalue weighted by atomic mass is 35.5. The Morgan fingerprint density at radius 3 is 2.50 bits per heavy atom. The number of thioether (sulfide) groups is 1. The van der Waals surface area contributed by atoms with Gasteiger partial charge in [-0.15, -0.1) is 10.2 Å². The summed E-state index contributed by atoms with van der Waals surface area (Å²) in [4.78, 5) is 13.8. The van der Waals surface area contributed by atoms with E-state index in [2.05, 4.69) is 10.2 Å². The maximum absolute atomic E-state index is 12.3. The summed E-state index contributed by atoms with van der Waals surface area (Å²) in [5.41, 5.74) is 0.645. The molecule has 0 saturated heterocycles. The van der Waals surface area contributed by atoms with Gasteiger partial charge in [-0.1, -0.05) is 35.5 Å². The molecule has 0 atom stereocenters. The first-order chi connectivity index (χ1) is 12.6. The van der Waals surface area contributed by atoms with E-state index in [1.807, 2.05) is 18.2 Å². The summed E-state index contributed by atoms with van der Waals surface area (Å²) < 4.78 is 1.29. The molecule has 2 aromatic rings. The second-order valence-electron chi connectivity index (χ2n) is 5.14. The van der Waals surface area contributed by atoms with Gasteiger partial charge in [-0.2, -0.15) is 10.5 Å². The topological polar surface area (TPSA) is 125 Å². The average molecular weight is 390 g/mol. The van der Waals surface area contributed by atoms with Crippen molar-refractivity contribution in [2.45, 2.75) is 18.0 Å². The molecule has 0 radical (unpaired) electrons. The van der Waals surface area contributed by atoms with Crippen LogP contribution >= 0.6 is 23.4 Å². The van der Waals surface area contributed by atoms with E-state index in [0.29, 0.717) is 21.6 Å². The van der Waals surface area contributed by atoms with Crippen LogP contribution < -0.4 is 5.84 Å². The molecule has 0 spiro atoms. The lowest BCUT2D eigenvalue weighted by Crippen LogP contribution is -2.34. The number of amides is 1. The van der Waals surface area contributed by atoms with Crippen LogP contribution in [0.15, 0.2) is 29.4 Å². The van der Waals surface area contributed by atoms with Crippen molar-refractivity contribution in [1.29, 1.82) is 10.5 Å². The van der Waals surface area contributed by atoms with Crippen LogP contribution in [0.5, 0.6) is 0 Å². The number of nitrogens with zero attached hydrogens (tertiary/aromatic N) is 6. The molecule has 0 bridgehead atoms. The number of halogens is 1. The molecule has 0 aliphatic carbocycles. The van der Waals surface area contributed by atoms with Gasteiger partial charge in [0, 0.05) is 18.7 Å². The minimum Gasteiger partial charge on any atom is -0.340 e. The third-order valence-corrected chi connectivity index (χ3v) is 4.70. The maximum atomic E-state index is 12.3. The van der Waals surface area contributed by atoms with Crippen LogP contribution in [0.1, 0.15) is 12.8 Å². The van der Waals surface area contributed by atoms with E-state index in [0.717, 1.165) is 11.8 Å². The number of benzene rings is 1. The second-order valence-corrected chi connectivity index (χ2v) is 6.49. The highest BCUT2D eigenvalue weighted by molar-refractivity contribution is 7.99. The molecular weight excluding hydrogens is 374 g/mol. The Morgan fingerprint density at radius 2 is 1.88 bits per heavy atom. The number of rotatable bonds is 8. The third kappa shape index (κ3) is 4.88. The van der Waals surface area contributed by atoms with E-state index in [1.165, 1.54) is 9.58 Å². The van der Waals surface area contributed by atoms with Crippen LogP contribution in [0.3, 0.4) is 0 Å². The van der Waals surface area contributed by atoms with E-state index < -0.39 is 0 Å². The van der Waals surface area contributed by atoms with E-state index in [9.17, 15) is 4.79 Å². The van der Waals surface area contributed by atoms with Gasteiger partial charge in [-0.05, 0) is 12.1 Å². The van der Waals surface area contributed by atoms with E-state index >= 15 is 0 Å². The predicted octanol–water partition coefficient (Wildman–Crippen LogP) is 2.06. The first-order valence-electron chi connectivity index (χ1n) is 7.68. The molecule has 0 fully saturated rings. The first-order valence-corrected chi connectivity index (χ1v) is 9.04. The molecule has 2 N–H and O–H groups in total. The van der Waals surface area contributed by atoms with Crippen molar-refractivity contribution >= 4 is 29.3 Å². The van der Waals surface area contributed by atoms with Gasteiger partial charge in [-0.3, -0.25) is 4.79 Å². The molecular formula is C16H16ClN7OS. The van der Waals surface area contributed by atoms with E-state index in [4.69, 9.17) is 28.0 Å². The maximum Gasteiger partial charge on any atom is 0.233 e. The highest BCUT2D eigenvalue weighted by Gasteiger charge is 2.18. The van der Waals surface area contributed by atoms with E-state index in [1.54, 1.807) is 18.2 Å². The van der Waals surface area contributed by atoms with Gasteiger partial charge in [0.25, 0.3) is 0 Å². The fourth-order valence-electron chi connectivity index (χ4n) is 2.15. The van der Waals surface area contributed by atoms with Gasteiger partial charge in [-0.25, -0.2) is 4.68 Å². The van der Waals surface area contributed by atoms with Crippen LogP contribution in [0.4, 0.5) is 0 Å². The summed E-state index contributed by atoms with van der Waals surface area (Å²) in [6.45, 7) is 0.579. The summed E-state index contributed by atoms with van der Waals surface area (Å²) >= 11 is 7.29. The van der Waals surface area contributed by atoms with Gasteiger partial charge in [0.2, 0.25) is 11.1 Å². The summed E-state index contributed by atoms with van der Waals surface area (Å²) in [7, 11) is 0. The number of aromatic nitrogens is 3. The first kappa shape index (κ1) is 19.6. The Bertz CT molecular complexity index is 837. The molecule has 0 aliphatic rings. The number of carbonyl (C=O) groups is 1. The fourth-order valence-corrected chi connectivity index (χ4v) is 3.13. The molecule has 8 nitrogen and oxygen atoms in total. The number of nitrogens with two attached hydrogens (primary N) is 1. The Morgan fingerprint density at radius 1 is 1.23 bits per heavy atom. The average Bonchev–Trinajstić information content (AvgIpc) is 3.00. The number of nitrogen functional groups attached to an aromatic ring is 1. The van der Waals surface area contributed by atoms with Crippen molar-refractivity contribution in [1.82, 2.24) is 19.8 Å². The zero-order chi connectivity index (χ0) is 18.9. The molecule has 0 saturated carbocycles. The molecule has 0 unspecified atom stereocenters. The molecule has 1 heterocycles. The standard InChI is InChI=1S/C16H16ClN7OS/c17-13-6-2-1-5-12(13)15-21-22-16(24(15)20)26-11-14(25)23(9-3-7-18)10-4-8-19/h1-2,5-6H,3-4,9-11,20H2. The van der Waals surface area contributed by atoms with Gasteiger partial charge in [0.15, 0.2) is 5.82 Å². The largest absolute Gasteiger partial charge is 0.340 e. The SMILES string of the molecule is N#CCCN(CCC#N)C(=O)CSc1nnc(-c2ccccc2Cl)n1N. The number of nitriles is 2. The zero-order valence-electron chi connectivity index (χ0n) is 13.8. The predicted molar refractivity (Wildman–Crippen MR) is 98.4 cm³/mol. The summed E-state index contributed by atoms with van der Waals surface area (Å²) in [6.07, 6.45) is 0.428. The Hall–Kier alpha value is -2.75. The minimum atomic E-state index is -0.192. The number of hydrogen-bond acceptors (Lipinski definition) is 7. The smallest absolute Gasteiger partial charge is 0.233 e. The van der Waals surface area contributed by atoms with Crippen LogP contribution in [-0.2, 0) is 4.79 Å². The van der Waals surface area contributed by atoms with Gasteiger partial charge >= 0.3 is 0 Å². The van der Waals surface area contributed by atoms with Crippen molar-refractivity contribution in [3.63, 3.8) is 0 Å². The number of hydrogen-bond donors (Lipinski definition) is 1. The Balaban J connectivity index is 2.05. The van der Waals surface area contributed by atoms with Crippen molar-refractivity contribution < 1.29 is 4.79 Å². The van der Waals surface area contributed by atoms with Crippen LogP contribution in [0.2, 0.25) is 5.02 Å². The molecule has 10 heteroatoms. The fraction of sp³-hybridized carbons (Fsp3) is 0.312. The molecule has 1 amide bonds. The van der Waals surface area contributed by atoms with Crippen LogP contribution in [0.25, 0.3) is 11.4 Å². The third-order valence-electron chi connectivity index (χ3n) is 3.44. The van der Waals surface area contributed by atoms with E-state index in [-0.39, 0.29) is 37.6 Å². The lowest BCUT2D eigenvalue weighted by molar-refractivity contribution is -0.128.